The summed E-state index contributed by atoms with van der Waals surface area (Å²) in [5.41, 5.74) is 3.68. The van der Waals surface area contributed by atoms with Gasteiger partial charge in [0.05, 0.1) is 35.2 Å². The molecule has 3 aromatic heterocycles. The van der Waals surface area contributed by atoms with Crippen molar-refractivity contribution in [3.8, 4) is 11.3 Å². The van der Waals surface area contributed by atoms with E-state index in [0.717, 1.165) is 18.5 Å². The Bertz CT molecular complexity index is 1750. The van der Waals surface area contributed by atoms with Crippen LogP contribution in [0.25, 0.3) is 16.9 Å². The number of hydrogen-bond donors (Lipinski definition) is 4. The molecule has 2 amide bonds. The maximum atomic E-state index is 15.3. The van der Waals surface area contributed by atoms with Crippen molar-refractivity contribution < 1.29 is 41.0 Å². The molecule has 1 fully saturated rings. The number of amides is 2. The van der Waals surface area contributed by atoms with Gasteiger partial charge in [0.2, 0.25) is 5.91 Å². The number of alkyl halides is 5. The fourth-order valence-electron chi connectivity index (χ4n) is 5.57. The number of nitrogens with zero attached hydrogens (tertiary/aromatic N) is 6. The number of carbonyl (C=O) groups is 2. The number of anilines is 2. The summed E-state index contributed by atoms with van der Waals surface area (Å²) >= 11 is 0. The molecule has 0 radical (unpaired) electrons. The van der Waals surface area contributed by atoms with E-state index in [1.165, 1.54) is 29.8 Å². The second-order valence-electron chi connectivity index (χ2n) is 11.0. The lowest BCUT2D eigenvalue weighted by Gasteiger charge is -2.26. The largest absolute Gasteiger partial charge is 0.435 e. The number of rotatable bonds is 10. The van der Waals surface area contributed by atoms with Gasteiger partial charge in [-0.25, -0.2) is 23.1 Å². The molecule has 1 saturated heterocycles. The smallest absolute Gasteiger partial charge is 0.392 e. The Morgan fingerprint density at radius 2 is 1.93 bits per heavy atom. The number of aliphatic hydroxyl groups excluding tert-OH is 1. The minimum absolute atomic E-state index is 0.0312. The summed E-state index contributed by atoms with van der Waals surface area (Å²) in [6.45, 7) is 2.52. The van der Waals surface area contributed by atoms with E-state index in [1.807, 2.05) is 0 Å². The third-order valence-electron chi connectivity index (χ3n) is 7.43. The van der Waals surface area contributed by atoms with Crippen molar-refractivity contribution in [2.24, 2.45) is 5.73 Å². The summed E-state index contributed by atoms with van der Waals surface area (Å²) in [5.74, 6) is -2.15. The van der Waals surface area contributed by atoms with E-state index in [-0.39, 0.29) is 53.5 Å². The van der Waals surface area contributed by atoms with Crippen LogP contribution in [0.5, 0.6) is 0 Å². The normalized spacial score (nSPS) is 18.0. The number of nitrogens with two attached hydrogens (primary N) is 1. The number of benzene rings is 1. The third kappa shape index (κ3) is 6.76. The van der Waals surface area contributed by atoms with E-state index in [9.17, 15) is 36.6 Å². The van der Waals surface area contributed by atoms with Crippen LogP contribution in [0.3, 0.4) is 0 Å². The first kappa shape index (κ1) is 32.7. The molecule has 0 spiro atoms. The van der Waals surface area contributed by atoms with Gasteiger partial charge in [0, 0.05) is 43.4 Å². The van der Waals surface area contributed by atoms with Crippen molar-refractivity contribution >= 4 is 29.0 Å². The van der Waals surface area contributed by atoms with Crippen LogP contribution in [-0.4, -0.2) is 83.7 Å². The Morgan fingerprint density at radius 3 is 2.59 bits per heavy atom. The summed E-state index contributed by atoms with van der Waals surface area (Å²) in [6.07, 6.45) is -3.87. The first-order valence-electron chi connectivity index (χ1n) is 14.0. The van der Waals surface area contributed by atoms with Gasteiger partial charge in [-0.15, -0.1) is 0 Å². The van der Waals surface area contributed by atoms with Gasteiger partial charge in [-0.3, -0.25) is 23.6 Å². The average Bonchev–Trinajstić information content (AvgIpc) is 3.64. The standard InChI is InChI=1S/C28H29F6N9O3/c1-13-5-15(6-18(29)22(13)27(46)38-14(2)9-41-10-16(44)7-19(41)24(35)45)39-25-26-37-8-20(43(26)4-3-36-25)17-11-42(12-21(30)31)40-23(17)28(32,33)34/h3-6,8,11,14,16,19,21,44H,7,9-10,12H2,1-2H3,(H2,35,45)(H,36,39)(H,38,46)/t14-,16?,19?/m1/s1. The number of β-amino-alcohol motifs (C(OH)–C–C–N with tert-alkyl or cyclic N) is 1. The molecule has 4 aromatic rings. The minimum Gasteiger partial charge on any atom is -0.392 e. The van der Waals surface area contributed by atoms with Crippen molar-refractivity contribution in [2.75, 3.05) is 18.4 Å². The van der Waals surface area contributed by atoms with Crippen LogP contribution in [0.4, 0.5) is 37.8 Å². The fourth-order valence-corrected chi connectivity index (χ4v) is 5.57. The summed E-state index contributed by atoms with van der Waals surface area (Å²) in [5, 5.41) is 18.8. The molecule has 0 bridgehead atoms. The predicted octanol–water partition coefficient (Wildman–Crippen LogP) is 3.11. The lowest BCUT2D eigenvalue weighted by Crippen LogP contribution is -2.47. The van der Waals surface area contributed by atoms with Crippen molar-refractivity contribution in [3.05, 3.63) is 59.6 Å². The van der Waals surface area contributed by atoms with Gasteiger partial charge in [-0.05, 0) is 38.0 Å². The van der Waals surface area contributed by atoms with Crippen LogP contribution in [0.1, 0.15) is 35.0 Å². The maximum Gasteiger partial charge on any atom is 0.435 e. The minimum atomic E-state index is -4.94. The molecule has 2 unspecified atom stereocenters. The van der Waals surface area contributed by atoms with E-state index in [0.29, 0.717) is 4.68 Å². The monoisotopic (exact) mass is 653 g/mol. The predicted molar refractivity (Wildman–Crippen MR) is 152 cm³/mol. The number of nitrogens with one attached hydrogen (secondary N) is 2. The van der Waals surface area contributed by atoms with Crippen LogP contribution in [-0.2, 0) is 17.5 Å². The van der Waals surface area contributed by atoms with Gasteiger partial charge in [-0.1, -0.05) is 0 Å². The van der Waals surface area contributed by atoms with Crippen LogP contribution >= 0.6 is 0 Å². The van der Waals surface area contributed by atoms with Crippen LogP contribution in [0.15, 0.2) is 36.9 Å². The first-order valence-corrected chi connectivity index (χ1v) is 14.0. The molecule has 1 aliphatic rings. The first-order chi connectivity index (χ1) is 21.6. The molecule has 0 aliphatic carbocycles. The molecule has 5 rings (SSSR count). The van der Waals surface area contributed by atoms with E-state index in [4.69, 9.17) is 5.73 Å². The molecule has 18 heteroatoms. The summed E-state index contributed by atoms with van der Waals surface area (Å²) in [7, 11) is 0. The van der Waals surface area contributed by atoms with Crippen LogP contribution < -0.4 is 16.4 Å². The topological polar surface area (TPSA) is 156 Å². The number of aryl methyl sites for hydroxylation is 1. The number of aliphatic hydroxyl groups is 1. The number of fused-ring (bicyclic) bond motifs is 1. The van der Waals surface area contributed by atoms with Crippen LogP contribution in [0, 0.1) is 12.7 Å². The zero-order chi connectivity index (χ0) is 33.5. The van der Waals surface area contributed by atoms with Gasteiger partial charge >= 0.3 is 6.18 Å². The van der Waals surface area contributed by atoms with E-state index in [1.54, 1.807) is 11.8 Å². The van der Waals surface area contributed by atoms with Crippen molar-refractivity contribution in [1.82, 2.24) is 34.4 Å². The molecule has 12 nitrogen and oxygen atoms in total. The molecule has 246 valence electrons. The maximum absolute atomic E-state index is 15.3. The fraction of sp³-hybridized carbons (Fsp3) is 0.393. The molecule has 4 heterocycles. The number of imidazole rings is 1. The second-order valence-corrected chi connectivity index (χ2v) is 11.0. The highest BCUT2D eigenvalue weighted by molar-refractivity contribution is 5.96. The molecular weight excluding hydrogens is 624 g/mol. The van der Waals surface area contributed by atoms with E-state index in [2.05, 4.69) is 25.7 Å². The zero-order valence-electron chi connectivity index (χ0n) is 24.4. The van der Waals surface area contributed by atoms with Gasteiger partial charge in [0.25, 0.3) is 12.3 Å². The number of halogens is 6. The molecule has 1 aliphatic heterocycles. The number of primary amides is 1. The van der Waals surface area contributed by atoms with Gasteiger partial charge in [0.1, 0.15) is 12.4 Å². The van der Waals surface area contributed by atoms with Gasteiger partial charge in [0.15, 0.2) is 17.2 Å². The number of hydrogen-bond acceptors (Lipinski definition) is 8. The number of likely N-dealkylation sites (tertiary alicyclic amines) is 1. The molecule has 46 heavy (non-hydrogen) atoms. The van der Waals surface area contributed by atoms with E-state index >= 15 is 4.39 Å². The summed E-state index contributed by atoms with van der Waals surface area (Å²) in [6, 6.07) is 1.29. The average molecular weight is 654 g/mol. The SMILES string of the molecule is Cc1cc(Nc2nccn3c(-c4cn(CC(F)F)nc4C(F)(F)F)cnc23)cc(F)c1C(=O)N[C@H](C)CN1CC(O)CC1C(N)=O. The molecule has 5 N–H and O–H groups in total. The summed E-state index contributed by atoms with van der Waals surface area (Å²) in [4.78, 5) is 34.7. The molecule has 1 aromatic carbocycles. The lowest BCUT2D eigenvalue weighted by atomic mass is 10.1. The number of aromatic nitrogens is 5. The zero-order valence-corrected chi connectivity index (χ0v) is 24.4. The highest BCUT2D eigenvalue weighted by atomic mass is 19.4. The Morgan fingerprint density at radius 1 is 1.20 bits per heavy atom. The molecule has 3 atom stereocenters. The van der Waals surface area contributed by atoms with Crippen molar-refractivity contribution in [3.63, 3.8) is 0 Å². The molecular formula is C28H29F6N9O3. The Kier molecular flexibility index (Phi) is 8.94. The Labute approximate surface area is 257 Å². The highest BCUT2D eigenvalue weighted by Crippen LogP contribution is 2.37. The highest BCUT2D eigenvalue weighted by Gasteiger charge is 2.39. The Balaban J connectivity index is 1.36. The summed E-state index contributed by atoms with van der Waals surface area (Å²) < 4.78 is 84.0. The van der Waals surface area contributed by atoms with Crippen LogP contribution in [0.2, 0.25) is 0 Å². The number of carbonyl (C=O) groups excluding carboxylic acids is 2. The van der Waals surface area contributed by atoms with Crippen molar-refractivity contribution in [2.45, 2.75) is 57.6 Å². The molecule has 0 saturated carbocycles. The van der Waals surface area contributed by atoms with Gasteiger partial charge < -0.3 is 21.5 Å². The van der Waals surface area contributed by atoms with Crippen molar-refractivity contribution in [1.29, 1.82) is 0 Å². The van der Waals surface area contributed by atoms with E-state index < -0.39 is 66.2 Å². The second kappa shape index (κ2) is 12.6. The van der Waals surface area contributed by atoms with Gasteiger partial charge in [-0.2, -0.15) is 18.3 Å². The quantitative estimate of drug-likeness (QED) is 0.191. The lowest BCUT2D eigenvalue weighted by molar-refractivity contribution is -0.141. The Hall–Kier alpha value is -4.71. The third-order valence-corrected chi connectivity index (χ3v) is 7.43.